The summed E-state index contributed by atoms with van der Waals surface area (Å²) in [4.78, 5) is 3.59. The number of aromatic nitrogens is 1. The van der Waals surface area contributed by atoms with E-state index in [-0.39, 0.29) is 17.6 Å². The summed E-state index contributed by atoms with van der Waals surface area (Å²) in [6, 6.07) is 7.71. The molecule has 0 aliphatic carbocycles. The molecule has 0 spiro atoms. The molecule has 0 fully saturated rings. The first-order valence-corrected chi connectivity index (χ1v) is 10.1. The van der Waals surface area contributed by atoms with Gasteiger partial charge in [-0.2, -0.15) is 4.57 Å². The van der Waals surface area contributed by atoms with Crippen LogP contribution in [0, 0.1) is 32.8 Å². The van der Waals surface area contributed by atoms with Crippen LogP contribution in [-0.2, 0) is 13.4 Å². The second kappa shape index (κ2) is 6.99. The zero-order valence-electron chi connectivity index (χ0n) is 22.6. The average Bonchev–Trinajstić information content (AvgIpc) is 3.09. The van der Waals surface area contributed by atoms with Crippen molar-refractivity contribution in [2.75, 3.05) is 0 Å². The minimum atomic E-state index is -1.90. The Morgan fingerprint density at radius 1 is 1.10 bits per heavy atom. The molecular weight excluding hydrogens is 368 g/mol. The van der Waals surface area contributed by atoms with Crippen molar-refractivity contribution < 1.29 is 14.5 Å². The zero-order valence-corrected chi connectivity index (χ0v) is 18.6. The van der Waals surface area contributed by atoms with E-state index in [1.54, 1.807) is 45.4 Å². The minimum Gasteiger partial charge on any atom is -0.456 e. The van der Waals surface area contributed by atoms with Crippen LogP contribution in [-0.4, -0.2) is 0 Å². The van der Waals surface area contributed by atoms with Crippen molar-refractivity contribution >= 4 is 27.6 Å². The van der Waals surface area contributed by atoms with Gasteiger partial charge in [0.05, 0.1) is 14.9 Å². The molecule has 0 bridgehead atoms. The molecular formula is C27H29N2O+. The van der Waals surface area contributed by atoms with Gasteiger partial charge in [-0.05, 0) is 48.4 Å². The summed E-state index contributed by atoms with van der Waals surface area (Å²) >= 11 is 0. The highest BCUT2D eigenvalue weighted by Gasteiger charge is 2.24. The molecule has 3 heteroatoms. The standard InChI is InChI=1S/C27H29N2O/c1-16-9-10-20-21-11-17(2)22(28-7)14-24(21)30-26(20)25(16)23-13-19(15-27(4,5)6)12-18(3)29(23)8/h9-14H,15H2,1-6,8H3/q+1/i12D,13D,15D2. The maximum atomic E-state index is 9.14. The van der Waals surface area contributed by atoms with E-state index in [1.807, 2.05) is 32.0 Å². The van der Waals surface area contributed by atoms with Crippen LogP contribution in [0.5, 0.6) is 0 Å². The lowest BCUT2D eigenvalue weighted by Gasteiger charge is -2.18. The second-order valence-corrected chi connectivity index (χ2v) is 8.98. The van der Waals surface area contributed by atoms with Crippen LogP contribution in [0.3, 0.4) is 0 Å². The van der Waals surface area contributed by atoms with Crippen LogP contribution in [0.4, 0.5) is 5.69 Å². The highest BCUT2D eigenvalue weighted by molar-refractivity contribution is 6.10. The smallest absolute Gasteiger partial charge is 0.216 e. The Labute approximate surface area is 184 Å². The molecule has 3 nitrogen and oxygen atoms in total. The van der Waals surface area contributed by atoms with E-state index >= 15 is 0 Å². The first-order valence-electron chi connectivity index (χ1n) is 12.1. The Morgan fingerprint density at radius 3 is 2.50 bits per heavy atom. The molecule has 0 unspecified atom stereocenters. The summed E-state index contributed by atoms with van der Waals surface area (Å²) in [5, 5.41) is 1.78. The molecule has 0 saturated carbocycles. The summed E-state index contributed by atoms with van der Waals surface area (Å²) in [5.41, 5.74) is 4.57. The van der Waals surface area contributed by atoms with Crippen molar-refractivity contribution in [2.45, 2.75) is 47.9 Å². The predicted molar refractivity (Wildman–Crippen MR) is 124 cm³/mol. The van der Waals surface area contributed by atoms with Crippen LogP contribution in [0.15, 0.2) is 40.8 Å². The molecule has 4 rings (SSSR count). The summed E-state index contributed by atoms with van der Waals surface area (Å²) in [6.45, 7) is 18.4. The number of nitrogens with zero attached hydrogens (tertiary/aromatic N) is 2. The minimum absolute atomic E-state index is 0.00731. The Morgan fingerprint density at radius 2 is 1.83 bits per heavy atom. The number of fused-ring (bicyclic) bond motifs is 3. The Balaban J connectivity index is 2.18. The van der Waals surface area contributed by atoms with E-state index in [0.717, 1.165) is 21.9 Å². The lowest BCUT2D eigenvalue weighted by molar-refractivity contribution is -0.666. The third-order valence-electron chi connectivity index (χ3n) is 5.41. The van der Waals surface area contributed by atoms with E-state index in [2.05, 4.69) is 4.85 Å². The quantitative estimate of drug-likeness (QED) is 0.258. The highest BCUT2D eigenvalue weighted by Crippen LogP contribution is 2.39. The molecule has 0 saturated heterocycles. The topological polar surface area (TPSA) is 21.4 Å². The molecule has 0 amide bonds. The average molecular weight is 402 g/mol. The molecule has 2 heterocycles. The fraction of sp³-hybridized carbons (Fsp3) is 0.333. The van der Waals surface area contributed by atoms with Gasteiger partial charge in [0.1, 0.15) is 18.2 Å². The molecule has 0 N–H and O–H groups in total. The monoisotopic (exact) mass is 401 g/mol. The molecule has 0 aliphatic heterocycles. The molecule has 0 aliphatic rings. The molecule has 152 valence electrons. The zero-order chi connectivity index (χ0) is 25.3. The van der Waals surface area contributed by atoms with Crippen molar-refractivity contribution in [2.24, 2.45) is 12.5 Å². The van der Waals surface area contributed by atoms with Crippen molar-refractivity contribution in [3.05, 3.63) is 70.2 Å². The van der Waals surface area contributed by atoms with Gasteiger partial charge in [0.2, 0.25) is 5.69 Å². The summed E-state index contributed by atoms with van der Waals surface area (Å²) in [7, 11) is 1.80. The normalized spacial score (nSPS) is 14.3. The van der Waals surface area contributed by atoms with Gasteiger partial charge in [0, 0.05) is 32.5 Å². The van der Waals surface area contributed by atoms with Crippen LogP contribution in [0.25, 0.3) is 38.0 Å². The summed E-state index contributed by atoms with van der Waals surface area (Å²) < 4.78 is 43.7. The number of furan rings is 1. The number of aryl methyl sites for hydroxylation is 2. The SMILES string of the molecule is [2H]c1c(C([2H])([2H])C(C)(C)C)c([2H])c(-c2c(C)ccc3c2oc2cc([N+]#[C-])c(C)cc23)[n+](C)c1C. The van der Waals surface area contributed by atoms with E-state index in [9.17, 15) is 0 Å². The van der Waals surface area contributed by atoms with Crippen LogP contribution < -0.4 is 4.57 Å². The number of hydrogen-bond acceptors (Lipinski definition) is 1. The molecule has 4 aromatic rings. The third-order valence-corrected chi connectivity index (χ3v) is 5.41. The van der Waals surface area contributed by atoms with Gasteiger partial charge >= 0.3 is 0 Å². The van der Waals surface area contributed by atoms with Gasteiger partial charge in [-0.1, -0.05) is 39.0 Å². The third kappa shape index (κ3) is 3.37. The van der Waals surface area contributed by atoms with Crippen LogP contribution in [0.1, 0.15) is 48.6 Å². The number of pyridine rings is 1. The van der Waals surface area contributed by atoms with Crippen LogP contribution in [0.2, 0.25) is 0 Å². The number of benzene rings is 2. The van der Waals surface area contributed by atoms with Gasteiger partial charge in [0.25, 0.3) is 0 Å². The molecule has 2 aromatic heterocycles. The maximum absolute atomic E-state index is 9.14. The number of hydrogen-bond donors (Lipinski definition) is 0. The van der Waals surface area contributed by atoms with Gasteiger partial charge in [-0.3, -0.25) is 0 Å². The molecule has 2 aromatic carbocycles. The molecule has 0 atom stereocenters. The fourth-order valence-electron chi connectivity index (χ4n) is 3.83. The Hall–Kier alpha value is -3.12. The lowest BCUT2D eigenvalue weighted by atomic mass is 9.87. The lowest BCUT2D eigenvalue weighted by Crippen LogP contribution is -2.35. The first-order chi connectivity index (χ1) is 15.7. The molecule has 0 radical (unpaired) electrons. The Bertz CT molecular complexity index is 1540. The van der Waals surface area contributed by atoms with Gasteiger partial charge in [-0.25, -0.2) is 4.85 Å². The van der Waals surface area contributed by atoms with Crippen molar-refractivity contribution in [1.82, 2.24) is 0 Å². The molecule has 30 heavy (non-hydrogen) atoms. The van der Waals surface area contributed by atoms with Gasteiger partial charge in [0.15, 0.2) is 11.4 Å². The van der Waals surface area contributed by atoms with E-state index in [0.29, 0.717) is 33.8 Å². The van der Waals surface area contributed by atoms with E-state index in [1.165, 1.54) is 0 Å². The van der Waals surface area contributed by atoms with Crippen molar-refractivity contribution in [3.63, 3.8) is 0 Å². The highest BCUT2D eigenvalue weighted by atomic mass is 16.3. The second-order valence-electron chi connectivity index (χ2n) is 8.98. The Kier molecular flexibility index (Phi) is 3.65. The van der Waals surface area contributed by atoms with Crippen LogP contribution >= 0.6 is 0 Å². The van der Waals surface area contributed by atoms with Crippen molar-refractivity contribution in [3.8, 4) is 11.3 Å². The fourth-order valence-corrected chi connectivity index (χ4v) is 3.83. The first kappa shape index (κ1) is 15.7. The van der Waals surface area contributed by atoms with Gasteiger partial charge in [-0.15, -0.1) is 0 Å². The maximum Gasteiger partial charge on any atom is 0.216 e. The van der Waals surface area contributed by atoms with Gasteiger partial charge < -0.3 is 4.42 Å². The summed E-state index contributed by atoms with van der Waals surface area (Å²) in [5.74, 6) is 0. The number of rotatable bonds is 2. The van der Waals surface area contributed by atoms with E-state index in [4.69, 9.17) is 16.5 Å². The summed E-state index contributed by atoms with van der Waals surface area (Å²) in [6.07, 6.45) is -1.90. The van der Waals surface area contributed by atoms with Crippen molar-refractivity contribution in [1.29, 1.82) is 0 Å². The predicted octanol–water partition coefficient (Wildman–Crippen LogP) is 7.14. The van der Waals surface area contributed by atoms with E-state index < -0.39 is 11.8 Å². The largest absolute Gasteiger partial charge is 0.456 e.